The number of carbonyl (C=O) groups is 1. The lowest BCUT2D eigenvalue weighted by Gasteiger charge is -2.42. The molecule has 36 heavy (non-hydrogen) atoms. The van der Waals surface area contributed by atoms with Crippen molar-refractivity contribution >= 4 is 28.9 Å². The highest BCUT2D eigenvalue weighted by Gasteiger charge is 2.32. The van der Waals surface area contributed by atoms with Gasteiger partial charge >= 0.3 is 0 Å². The Morgan fingerprint density at radius 2 is 1.97 bits per heavy atom. The molecule has 2 fully saturated rings. The summed E-state index contributed by atoms with van der Waals surface area (Å²) < 4.78 is 1.89. The van der Waals surface area contributed by atoms with E-state index in [0.29, 0.717) is 36.8 Å². The molecule has 1 amide bonds. The van der Waals surface area contributed by atoms with Crippen LogP contribution in [0.4, 0.5) is 17.5 Å². The first-order valence-electron chi connectivity index (χ1n) is 12.3. The SMILES string of the molecule is CC(C)c1cnn2ccc(-c3ccnc(Nc4ccc(N5CCN(C6CNC6)CC5=O)cn4)n3)cc12. The van der Waals surface area contributed by atoms with Crippen LogP contribution in [0.25, 0.3) is 16.8 Å². The van der Waals surface area contributed by atoms with Crippen molar-refractivity contribution in [2.75, 3.05) is 42.9 Å². The van der Waals surface area contributed by atoms with Crippen LogP contribution >= 0.6 is 0 Å². The minimum atomic E-state index is 0.113. The van der Waals surface area contributed by atoms with E-state index < -0.39 is 0 Å². The third kappa shape index (κ3) is 4.29. The number of hydrogen-bond donors (Lipinski definition) is 2. The van der Waals surface area contributed by atoms with Crippen LogP contribution in [0.5, 0.6) is 0 Å². The maximum Gasteiger partial charge on any atom is 0.241 e. The second kappa shape index (κ2) is 9.29. The fourth-order valence-corrected chi connectivity index (χ4v) is 4.73. The molecule has 0 unspecified atom stereocenters. The Hall–Kier alpha value is -3.89. The smallest absolute Gasteiger partial charge is 0.241 e. The second-order valence-electron chi connectivity index (χ2n) is 9.62. The molecule has 4 aromatic heterocycles. The summed E-state index contributed by atoms with van der Waals surface area (Å²) in [5.41, 5.74) is 4.89. The van der Waals surface area contributed by atoms with Gasteiger partial charge in [-0.2, -0.15) is 5.10 Å². The summed E-state index contributed by atoms with van der Waals surface area (Å²) in [6.07, 6.45) is 7.34. The molecule has 2 saturated heterocycles. The van der Waals surface area contributed by atoms with Crippen molar-refractivity contribution < 1.29 is 4.79 Å². The summed E-state index contributed by atoms with van der Waals surface area (Å²) in [6, 6.07) is 10.3. The fourth-order valence-electron chi connectivity index (χ4n) is 4.73. The Labute approximate surface area is 209 Å². The van der Waals surface area contributed by atoms with E-state index in [2.05, 4.69) is 50.5 Å². The molecule has 0 aliphatic carbocycles. The van der Waals surface area contributed by atoms with Crippen molar-refractivity contribution in [3.8, 4) is 11.3 Å². The van der Waals surface area contributed by atoms with E-state index >= 15 is 0 Å². The predicted molar refractivity (Wildman–Crippen MR) is 138 cm³/mol. The third-order valence-electron chi connectivity index (χ3n) is 6.95. The molecule has 6 heterocycles. The molecule has 10 heteroatoms. The molecule has 2 aliphatic rings. The molecule has 6 rings (SSSR count). The van der Waals surface area contributed by atoms with Crippen LogP contribution in [0.3, 0.4) is 0 Å². The van der Waals surface area contributed by atoms with E-state index in [9.17, 15) is 4.79 Å². The van der Waals surface area contributed by atoms with Gasteiger partial charge in [0.25, 0.3) is 0 Å². The Balaban J connectivity index is 1.16. The minimum absolute atomic E-state index is 0.113. The average molecular weight is 484 g/mol. The van der Waals surface area contributed by atoms with Crippen LogP contribution in [0.15, 0.2) is 55.1 Å². The zero-order chi connectivity index (χ0) is 24.6. The number of carbonyl (C=O) groups excluding carboxylic acids is 1. The molecule has 184 valence electrons. The molecular formula is C26H29N9O. The molecule has 4 aromatic rings. The van der Waals surface area contributed by atoms with Crippen molar-refractivity contribution in [1.29, 1.82) is 0 Å². The van der Waals surface area contributed by atoms with Crippen LogP contribution in [-0.4, -0.2) is 74.1 Å². The normalized spacial score (nSPS) is 17.1. The van der Waals surface area contributed by atoms with E-state index in [0.717, 1.165) is 42.1 Å². The summed E-state index contributed by atoms with van der Waals surface area (Å²) in [5, 5.41) is 10.9. The van der Waals surface area contributed by atoms with Gasteiger partial charge in [-0.3, -0.25) is 9.69 Å². The quantitative estimate of drug-likeness (QED) is 0.432. The van der Waals surface area contributed by atoms with E-state index in [1.54, 1.807) is 12.4 Å². The van der Waals surface area contributed by atoms with Gasteiger partial charge in [0.2, 0.25) is 11.9 Å². The molecule has 0 saturated carbocycles. The first kappa shape index (κ1) is 22.6. The Bertz CT molecular complexity index is 1390. The number of nitrogens with zero attached hydrogens (tertiary/aromatic N) is 7. The second-order valence-corrected chi connectivity index (χ2v) is 9.62. The summed E-state index contributed by atoms with van der Waals surface area (Å²) in [4.78, 5) is 30.4. The number of rotatable bonds is 6. The molecule has 0 spiro atoms. The van der Waals surface area contributed by atoms with Crippen LogP contribution in [0, 0.1) is 0 Å². The number of fused-ring (bicyclic) bond motifs is 1. The van der Waals surface area contributed by atoms with Crippen LogP contribution in [-0.2, 0) is 4.79 Å². The lowest BCUT2D eigenvalue weighted by Crippen LogP contribution is -2.63. The van der Waals surface area contributed by atoms with Crippen LogP contribution in [0.2, 0.25) is 0 Å². The monoisotopic (exact) mass is 483 g/mol. The summed E-state index contributed by atoms with van der Waals surface area (Å²) in [5.74, 6) is 1.58. The lowest BCUT2D eigenvalue weighted by atomic mass is 10.0. The van der Waals surface area contributed by atoms with Gasteiger partial charge in [0.1, 0.15) is 5.82 Å². The number of piperazine rings is 1. The Morgan fingerprint density at radius 3 is 2.69 bits per heavy atom. The highest BCUT2D eigenvalue weighted by atomic mass is 16.2. The molecule has 0 aromatic carbocycles. The highest BCUT2D eigenvalue weighted by molar-refractivity contribution is 5.95. The highest BCUT2D eigenvalue weighted by Crippen LogP contribution is 2.26. The van der Waals surface area contributed by atoms with Gasteiger partial charge in [-0.15, -0.1) is 0 Å². The van der Waals surface area contributed by atoms with Crippen molar-refractivity contribution in [3.63, 3.8) is 0 Å². The number of pyridine rings is 2. The van der Waals surface area contributed by atoms with Crippen LogP contribution < -0.4 is 15.5 Å². The maximum absolute atomic E-state index is 12.7. The van der Waals surface area contributed by atoms with E-state index in [-0.39, 0.29) is 5.91 Å². The fraction of sp³-hybridized carbons (Fsp3) is 0.346. The molecule has 2 aliphatic heterocycles. The summed E-state index contributed by atoms with van der Waals surface area (Å²) >= 11 is 0. The largest absolute Gasteiger partial charge is 0.314 e. The van der Waals surface area contributed by atoms with E-state index in [4.69, 9.17) is 4.98 Å². The number of anilines is 3. The number of hydrogen-bond acceptors (Lipinski definition) is 8. The maximum atomic E-state index is 12.7. The Kier molecular flexibility index (Phi) is 5.82. The first-order valence-corrected chi connectivity index (χ1v) is 12.3. The summed E-state index contributed by atoms with van der Waals surface area (Å²) in [6.45, 7) is 8.27. The molecular weight excluding hydrogens is 454 g/mol. The first-order chi connectivity index (χ1) is 17.5. The number of amides is 1. The van der Waals surface area contributed by atoms with Crippen molar-refractivity contribution in [1.82, 2.24) is 34.8 Å². The van der Waals surface area contributed by atoms with Gasteiger partial charge in [0.05, 0.1) is 35.8 Å². The van der Waals surface area contributed by atoms with Gasteiger partial charge in [-0.25, -0.2) is 19.5 Å². The molecule has 0 atom stereocenters. The lowest BCUT2D eigenvalue weighted by molar-refractivity contribution is -0.122. The Morgan fingerprint density at radius 1 is 1.08 bits per heavy atom. The molecule has 0 bridgehead atoms. The van der Waals surface area contributed by atoms with Gasteiger partial charge in [-0.1, -0.05) is 13.8 Å². The van der Waals surface area contributed by atoms with Crippen molar-refractivity contribution in [2.24, 2.45) is 0 Å². The molecule has 10 nitrogen and oxygen atoms in total. The third-order valence-corrected chi connectivity index (χ3v) is 6.95. The van der Waals surface area contributed by atoms with E-state index in [1.807, 2.05) is 46.1 Å². The number of aromatic nitrogens is 5. The van der Waals surface area contributed by atoms with Crippen molar-refractivity contribution in [2.45, 2.75) is 25.8 Å². The zero-order valence-electron chi connectivity index (χ0n) is 20.4. The topological polar surface area (TPSA) is 104 Å². The van der Waals surface area contributed by atoms with Gasteiger partial charge in [0, 0.05) is 55.7 Å². The standard InChI is InChI=1S/C26H29N9O/c1-17(2)21-15-30-35-8-6-18(11-23(21)35)22-5-7-28-26(31-22)32-24-4-3-19(14-29-24)34-10-9-33(16-25(34)36)20-12-27-13-20/h3-8,11,14-15,17,20,27H,9-10,12-13,16H2,1-2H3,(H,28,29,31,32). The molecule has 2 N–H and O–H groups in total. The van der Waals surface area contributed by atoms with Crippen LogP contribution in [0.1, 0.15) is 25.3 Å². The minimum Gasteiger partial charge on any atom is -0.314 e. The van der Waals surface area contributed by atoms with Gasteiger partial charge in [0.15, 0.2) is 0 Å². The number of nitrogens with one attached hydrogen (secondary N) is 2. The van der Waals surface area contributed by atoms with Crippen molar-refractivity contribution in [3.05, 3.63) is 60.7 Å². The zero-order valence-corrected chi connectivity index (χ0v) is 20.4. The van der Waals surface area contributed by atoms with Gasteiger partial charge < -0.3 is 15.5 Å². The summed E-state index contributed by atoms with van der Waals surface area (Å²) in [7, 11) is 0. The van der Waals surface area contributed by atoms with Gasteiger partial charge in [-0.05, 0) is 36.2 Å². The molecule has 0 radical (unpaired) electrons. The predicted octanol–water partition coefficient (Wildman–Crippen LogP) is 2.67. The average Bonchev–Trinajstić information content (AvgIpc) is 3.28. The van der Waals surface area contributed by atoms with E-state index in [1.165, 1.54) is 5.56 Å².